The molecule has 0 radical (unpaired) electrons. The van der Waals surface area contributed by atoms with Crippen molar-refractivity contribution >= 4 is 11.6 Å². The lowest BCUT2D eigenvalue weighted by Gasteiger charge is -2.04. The summed E-state index contributed by atoms with van der Waals surface area (Å²) in [5.74, 6) is 1.65. The molecule has 0 aliphatic rings. The maximum Gasteiger partial charge on any atom is 0.261 e. The van der Waals surface area contributed by atoms with Gasteiger partial charge in [0.05, 0.1) is 19.2 Å². The Kier molecular flexibility index (Phi) is 4.39. The molecule has 0 aliphatic heterocycles. The van der Waals surface area contributed by atoms with Crippen molar-refractivity contribution in [3.05, 3.63) is 29.0 Å². The van der Waals surface area contributed by atoms with Crippen LogP contribution in [0.15, 0.2) is 22.7 Å². The van der Waals surface area contributed by atoms with Crippen LogP contribution in [-0.2, 0) is 6.54 Å². The standard InChI is InChI=1S/C13H16ClN3O2/c1-8(2)15-7-12-16-13(19-17-12)10-5-4-9(14)6-11(10)18-3/h4-6,8,15H,7H2,1-3H3. The first-order valence-electron chi connectivity index (χ1n) is 6.00. The van der Waals surface area contributed by atoms with Gasteiger partial charge in [0.25, 0.3) is 5.89 Å². The second-order valence-corrected chi connectivity index (χ2v) is 4.83. The van der Waals surface area contributed by atoms with E-state index >= 15 is 0 Å². The van der Waals surface area contributed by atoms with Crippen molar-refractivity contribution in [2.75, 3.05) is 7.11 Å². The van der Waals surface area contributed by atoms with Crippen molar-refractivity contribution in [3.8, 4) is 17.2 Å². The van der Waals surface area contributed by atoms with Crippen molar-refractivity contribution in [2.24, 2.45) is 0 Å². The fourth-order valence-corrected chi connectivity index (χ4v) is 1.73. The number of rotatable bonds is 5. The molecule has 1 N–H and O–H groups in total. The molecule has 1 aromatic heterocycles. The highest BCUT2D eigenvalue weighted by Crippen LogP contribution is 2.31. The van der Waals surface area contributed by atoms with Gasteiger partial charge in [-0.15, -0.1) is 0 Å². The second kappa shape index (κ2) is 6.04. The van der Waals surface area contributed by atoms with Crippen molar-refractivity contribution in [1.82, 2.24) is 15.5 Å². The summed E-state index contributed by atoms with van der Waals surface area (Å²) >= 11 is 5.92. The van der Waals surface area contributed by atoms with E-state index < -0.39 is 0 Å². The van der Waals surface area contributed by atoms with Crippen molar-refractivity contribution < 1.29 is 9.26 Å². The molecule has 0 saturated carbocycles. The average Bonchev–Trinajstić information content (AvgIpc) is 2.84. The van der Waals surface area contributed by atoms with Gasteiger partial charge < -0.3 is 14.6 Å². The van der Waals surface area contributed by atoms with E-state index in [1.54, 1.807) is 25.3 Å². The van der Waals surface area contributed by atoms with Crippen molar-refractivity contribution in [3.63, 3.8) is 0 Å². The minimum Gasteiger partial charge on any atom is -0.496 e. The first-order valence-corrected chi connectivity index (χ1v) is 6.38. The summed E-state index contributed by atoms with van der Waals surface area (Å²) in [6.07, 6.45) is 0. The molecule has 0 unspecified atom stereocenters. The van der Waals surface area contributed by atoms with Crippen LogP contribution in [0.1, 0.15) is 19.7 Å². The lowest BCUT2D eigenvalue weighted by molar-refractivity contribution is 0.401. The normalized spacial score (nSPS) is 11.0. The zero-order valence-corrected chi connectivity index (χ0v) is 11.9. The van der Waals surface area contributed by atoms with Crippen LogP contribution < -0.4 is 10.1 Å². The number of aromatic nitrogens is 2. The Labute approximate surface area is 116 Å². The smallest absolute Gasteiger partial charge is 0.261 e. The molecule has 1 aromatic carbocycles. The summed E-state index contributed by atoms with van der Waals surface area (Å²) in [5, 5.41) is 7.75. The van der Waals surface area contributed by atoms with Gasteiger partial charge in [-0.25, -0.2) is 0 Å². The Hall–Kier alpha value is -1.59. The van der Waals surface area contributed by atoms with Gasteiger partial charge >= 0.3 is 0 Å². The molecule has 19 heavy (non-hydrogen) atoms. The van der Waals surface area contributed by atoms with Crippen LogP contribution >= 0.6 is 11.6 Å². The van der Waals surface area contributed by atoms with E-state index in [-0.39, 0.29) is 0 Å². The van der Waals surface area contributed by atoms with Crippen LogP contribution in [0, 0.1) is 0 Å². The van der Waals surface area contributed by atoms with E-state index in [4.69, 9.17) is 20.9 Å². The van der Waals surface area contributed by atoms with Gasteiger partial charge in [-0.3, -0.25) is 0 Å². The number of ether oxygens (including phenoxy) is 1. The monoisotopic (exact) mass is 281 g/mol. The zero-order chi connectivity index (χ0) is 13.8. The third kappa shape index (κ3) is 3.45. The SMILES string of the molecule is COc1cc(Cl)ccc1-c1nc(CNC(C)C)no1. The summed E-state index contributed by atoms with van der Waals surface area (Å²) in [6, 6.07) is 5.64. The Morgan fingerprint density at radius 3 is 2.89 bits per heavy atom. The van der Waals surface area contributed by atoms with Gasteiger partial charge in [-0.1, -0.05) is 30.6 Å². The van der Waals surface area contributed by atoms with Crippen LogP contribution in [0.2, 0.25) is 5.02 Å². The van der Waals surface area contributed by atoms with Crippen LogP contribution in [0.4, 0.5) is 0 Å². The van der Waals surface area contributed by atoms with E-state index in [1.807, 2.05) is 0 Å². The van der Waals surface area contributed by atoms with E-state index in [1.165, 1.54) is 0 Å². The molecule has 6 heteroatoms. The third-order valence-corrected chi connectivity index (χ3v) is 2.77. The van der Waals surface area contributed by atoms with Crippen molar-refractivity contribution in [2.45, 2.75) is 26.4 Å². The quantitative estimate of drug-likeness (QED) is 0.913. The first-order chi connectivity index (χ1) is 9.10. The lowest BCUT2D eigenvalue weighted by atomic mass is 10.2. The second-order valence-electron chi connectivity index (χ2n) is 4.40. The van der Waals surface area contributed by atoms with E-state index in [2.05, 4.69) is 29.3 Å². The average molecular weight is 282 g/mol. The summed E-state index contributed by atoms with van der Waals surface area (Å²) in [4.78, 5) is 4.33. The highest BCUT2D eigenvalue weighted by atomic mass is 35.5. The zero-order valence-electron chi connectivity index (χ0n) is 11.1. The topological polar surface area (TPSA) is 60.2 Å². The molecule has 5 nitrogen and oxygen atoms in total. The third-order valence-electron chi connectivity index (χ3n) is 2.53. The number of methoxy groups -OCH3 is 1. The molecule has 0 amide bonds. The maximum absolute atomic E-state index is 5.92. The lowest BCUT2D eigenvalue weighted by Crippen LogP contribution is -2.22. The van der Waals surface area contributed by atoms with Gasteiger partial charge in [-0.05, 0) is 18.2 Å². The Bertz CT molecular complexity index is 555. The minimum absolute atomic E-state index is 0.368. The predicted molar refractivity (Wildman–Crippen MR) is 73.3 cm³/mol. The summed E-state index contributed by atoms with van der Waals surface area (Å²) in [5.41, 5.74) is 0.732. The summed E-state index contributed by atoms with van der Waals surface area (Å²) in [7, 11) is 1.58. The molecule has 0 atom stereocenters. The maximum atomic E-state index is 5.92. The van der Waals surface area contributed by atoms with Crippen LogP contribution in [-0.4, -0.2) is 23.3 Å². The Balaban J connectivity index is 2.22. The fourth-order valence-electron chi connectivity index (χ4n) is 1.57. The van der Waals surface area contributed by atoms with Crippen LogP contribution in [0.3, 0.4) is 0 Å². The number of nitrogens with zero attached hydrogens (tertiary/aromatic N) is 2. The number of nitrogens with one attached hydrogen (secondary N) is 1. The molecular formula is C13H16ClN3O2. The van der Waals surface area contributed by atoms with Crippen LogP contribution in [0.5, 0.6) is 5.75 Å². The van der Waals surface area contributed by atoms with E-state index in [0.29, 0.717) is 35.1 Å². The van der Waals surface area contributed by atoms with Gasteiger partial charge in [0.1, 0.15) is 5.75 Å². The first kappa shape index (κ1) is 13.8. The highest BCUT2D eigenvalue weighted by molar-refractivity contribution is 6.30. The molecule has 0 fully saturated rings. The summed E-state index contributed by atoms with van der Waals surface area (Å²) in [6.45, 7) is 4.68. The van der Waals surface area contributed by atoms with E-state index in [9.17, 15) is 0 Å². The van der Waals surface area contributed by atoms with Crippen molar-refractivity contribution in [1.29, 1.82) is 0 Å². The largest absolute Gasteiger partial charge is 0.496 e. The molecule has 2 rings (SSSR count). The molecule has 2 aromatic rings. The number of hydrogen-bond acceptors (Lipinski definition) is 5. The molecule has 0 bridgehead atoms. The Morgan fingerprint density at radius 2 is 2.21 bits per heavy atom. The molecule has 102 valence electrons. The molecule has 0 aliphatic carbocycles. The van der Waals surface area contributed by atoms with Gasteiger partial charge in [0.2, 0.25) is 0 Å². The molecule has 0 saturated heterocycles. The van der Waals surface area contributed by atoms with Gasteiger partial charge in [-0.2, -0.15) is 4.98 Å². The minimum atomic E-state index is 0.368. The number of benzene rings is 1. The number of halogens is 1. The molecule has 0 spiro atoms. The predicted octanol–water partition coefficient (Wildman–Crippen LogP) is 2.90. The highest BCUT2D eigenvalue weighted by Gasteiger charge is 2.14. The van der Waals surface area contributed by atoms with Gasteiger partial charge in [0.15, 0.2) is 5.82 Å². The number of hydrogen-bond donors (Lipinski definition) is 1. The molecule has 1 heterocycles. The van der Waals surface area contributed by atoms with E-state index in [0.717, 1.165) is 5.56 Å². The molecular weight excluding hydrogens is 266 g/mol. The van der Waals surface area contributed by atoms with Crippen LogP contribution in [0.25, 0.3) is 11.5 Å². The fraction of sp³-hybridized carbons (Fsp3) is 0.385. The Morgan fingerprint density at radius 1 is 1.42 bits per heavy atom. The van der Waals surface area contributed by atoms with Gasteiger partial charge in [0, 0.05) is 11.1 Å². The summed E-state index contributed by atoms with van der Waals surface area (Å²) < 4.78 is 10.5.